The first kappa shape index (κ1) is 17.6. The number of thioether (sulfide) groups is 1. The third-order valence-corrected chi connectivity index (χ3v) is 3.26. The summed E-state index contributed by atoms with van der Waals surface area (Å²) in [6.45, 7) is 1.62. The Hall–Kier alpha value is -0.400. The van der Waals surface area contributed by atoms with Crippen LogP contribution in [0.1, 0.15) is 26.2 Å². The average Bonchev–Trinajstić information content (AvgIpc) is 2.32. The van der Waals surface area contributed by atoms with Gasteiger partial charge in [0.1, 0.15) is 6.17 Å². The van der Waals surface area contributed by atoms with Gasteiger partial charge in [0.05, 0.1) is 0 Å². The number of hydrogen-bond acceptors (Lipinski definition) is 2. The molecule has 18 heavy (non-hydrogen) atoms. The lowest BCUT2D eigenvalue weighted by molar-refractivity contribution is -0.185. The van der Waals surface area contributed by atoms with Crippen LogP contribution in [0.5, 0.6) is 0 Å². The largest absolute Gasteiger partial charge is 0.340 e. The Morgan fingerprint density at radius 2 is 1.78 bits per heavy atom. The van der Waals surface area contributed by atoms with E-state index in [-0.39, 0.29) is 23.7 Å². The fraction of sp³-hybridized carbons (Fsp3) is 0.900. The lowest BCUT2D eigenvalue weighted by atomic mass is 10.1. The lowest BCUT2D eigenvalue weighted by Gasteiger charge is -2.22. The van der Waals surface area contributed by atoms with Crippen molar-refractivity contribution in [3.63, 3.8) is 0 Å². The predicted molar refractivity (Wildman–Crippen MR) is 57.7 cm³/mol. The molecule has 0 spiro atoms. The maximum absolute atomic E-state index is 13.0. The highest BCUT2D eigenvalue weighted by Crippen LogP contribution is 2.33. The molecule has 0 aromatic heterocycles. The van der Waals surface area contributed by atoms with Crippen LogP contribution in [0.15, 0.2) is 0 Å². The van der Waals surface area contributed by atoms with Crippen molar-refractivity contribution in [3.05, 3.63) is 0 Å². The molecule has 0 amide bonds. The van der Waals surface area contributed by atoms with Crippen LogP contribution >= 0.6 is 11.8 Å². The number of halogens is 6. The van der Waals surface area contributed by atoms with Gasteiger partial charge >= 0.3 is 12.3 Å². The van der Waals surface area contributed by atoms with Gasteiger partial charge in [-0.25, -0.2) is 17.6 Å². The van der Waals surface area contributed by atoms with Crippen molar-refractivity contribution in [1.82, 2.24) is 0 Å². The molecular formula is C10H14F6OS. The van der Waals surface area contributed by atoms with Gasteiger partial charge in [-0.2, -0.15) is 8.78 Å². The highest BCUT2D eigenvalue weighted by atomic mass is 32.2. The molecule has 0 aromatic rings. The van der Waals surface area contributed by atoms with Crippen molar-refractivity contribution >= 4 is 16.9 Å². The third-order valence-electron chi connectivity index (χ3n) is 2.15. The molecule has 0 aliphatic carbocycles. The van der Waals surface area contributed by atoms with Crippen LogP contribution < -0.4 is 0 Å². The second-order valence-corrected chi connectivity index (χ2v) is 4.76. The monoisotopic (exact) mass is 296 g/mol. The molecule has 0 bridgehead atoms. The SMILES string of the molecule is CCC(=O)SCCCC(F)C(F)C(F)(F)C(F)F. The molecule has 0 N–H and O–H groups in total. The predicted octanol–water partition coefficient (Wildman–Crippen LogP) is 4.01. The maximum Gasteiger partial charge on any atom is 0.340 e. The number of alkyl halides is 6. The smallest absolute Gasteiger partial charge is 0.287 e. The Kier molecular flexibility index (Phi) is 7.73. The number of hydrogen-bond donors (Lipinski definition) is 0. The van der Waals surface area contributed by atoms with E-state index in [0.29, 0.717) is 0 Å². The fourth-order valence-corrected chi connectivity index (χ4v) is 1.82. The van der Waals surface area contributed by atoms with Gasteiger partial charge in [-0.3, -0.25) is 4.79 Å². The minimum absolute atomic E-state index is 0.0304. The summed E-state index contributed by atoms with van der Waals surface area (Å²) in [4.78, 5) is 10.8. The van der Waals surface area contributed by atoms with Crippen molar-refractivity contribution in [3.8, 4) is 0 Å². The summed E-state index contributed by atoms with van der Waals surface area (Å²) in [6, 6.07) is 0. The molecule has 0 saturated heterocycles. The summed E-state index contributed by atoms with van der Waals surface area (Å²) in [7, 11) is 0. The first-order valence-corrected chi connectivity index (χ1v) is 6.31. The Bertz CT molecular complexity index is 261. The van der Waals surface area contributed by atoms with Crippen LogP contribution in [0, 0.1) is 0 Å². The Balaban J connectivity index is 4.02. The van der Waals surface area contributed by atoms with Crippen LogP contribution in [0.25, 0.3) is 0 Å². The van der Waals surface area contributed by atoms with Gasteiger partial charge in [0, 0.05) is 12.2 Å². The van der Waals surface area contributed by atoms with Crippen LogP contribution in [0.2, 0.25) is 0 Å². The maximum atomic E-state index is 13.0. The van der Waals surface area contributed by atoms with E-state index in [9.17, 15) is 31.1 Å². The molecule has 0 heterocycles. The molecule has 108 valence electrons. The molecule has 0 aromatic carbocycles. The Morgan fingerprint density at radius 3 is 2.22 bits per heavy atom. The minimum Gasteiger partial charge on any atom is -0.287 e. The van der Waals surface area contributed by atoms with E-state index < -0.39 is 31.1 Å². The molecular weight excluding hydrogens is 282 g/mol. The second kappa shape index (κ2) is 7.91. The second-order valence-electron chi connectivity index (χ2n) is 3.61. The van der Waals surface area contributed by atoms with Crippen molar-refractivity contribution in [2.75, 3.05) is 5.75 Å². The molecule has 0 radical (unpaired) electrons. The number of rotatable bonds is 8. The van der Waals surface area contributed by atoms with Crippen LogP contribution in [0.3, 0.4) is 0 Å². The molecule has 0 fully saturated rings. The first-order valence-electron chi connectivity index (χ1n) is 5.33. The summed E-state index contributed by atoms with van der Waals surface area (Å²) >= 11 is 0.880. The summed E-state index contributed by atoms with van der Waals surface area (Å²) in [5.41, 5.74) is 0. The van der Waals surface area contributed by atoms with Crippen LogP contribution in [-0.2, 0) is 4.79 Å². The summed E-state index contributed by atoms with van der Waals surface area (Å²) in [5.74, 6) is -4.83. The van der Waals surface area contributed by atoms with E-state index in [0.717, 1.165) is 11.8 Å². The summed E-state index contributed by atoms with van der Waals surface area (Å²) < 4.78 is 74.2. The molecule has 0 aliphatic heterocycles. The first-order chi connectivity index (χ1) is 8.23. The molecule has 1 nitrogen and oxygen atoms in total. The topological polar surface area (TPSA) is 17.1 Å². The highest BCUT2D eigenvalue weighted by Gasteiger charge is 2.52. The molecule has 0 saturated carbocycles. The van der Waals surface area contributed by atoms with E-state index in [2.05, 4.69) is 0 Å². The van der Waals surface area contributed by atoms with Crippen LogP contribution in [-0.4, -0.2) is 35.6 Å². The number of carbonyl (C=O) groups is 1. The van der Waals surface area contributed by atoms with E-state index in [1.54, 1.807) is 6.92 Å². The fourth-order valence-electron chi connectivity index (χ4n) is 1.07. The molecule has 0 rings (SSSR count). The van der Waals surface area contributed by atoms with Gasteiger partial charge < -0.3 is 0 Å². The zero-order valence-corrected chi connectivity index (χ0v) is 10.5. The van der Waals surface area contributed by atoms with Crippen molar-refractivity contribution in [2.45, 2.75) is 50.9 Å². The number of carbonyl (C=O) groups excluding carboxylic acids is 1. The van der Waals surface area contributed by atoms with Crippen molar-refractivity contribution in [1.29, 1.82) is 0 Å². The van der Waals surface area contributed by atoms with Gasteiger partial charge in [0.25, 0.3) is 0 Å². The minimum atomic E-state index is -4.98. The summed E-state index contributed by atoms with van der Waals surface area (Å²) in [6.07, 6.45) is -10.8. The van der Waals surface area contributed by atoms with Crippen molar-refractivity contribution < 1.29 is 31.1 Å². The zero-order valence-electron chi connectivity index (χ0n) is 9.64. The molecule has 8 heteroatoms. The van der Waals surface area contributed by atoms with E-state index >= 15 is 0 Å². The van der Waals surface area contributed by atoms with Gasteiger partial charge in [-0.05, 0) is 12.8 Å². The van der Waals surface area contributed by atoms with Crippen LogP contribution in [0.4, 0.5) is 26.3 Å². The van der Waals surface area contributed by atoms with E-state index in [4.69, 9.17) is 0 Å². The third kappa shape index (κ3) is 5.49. The standard InChI is InChI=1S/C10H14F6OS/c1-2-7(17)18-5-3-4-6(11)8(12)10(15,16)9(13)14/h6,8-9H,2-5H2,1H3. The zero-order chi connectivity index (χ0) is 14.3. The lowest BCUT2D eigenvalue weighted by Crippen LogP contribution is -2.43. The quantitative estimate of drug-likeness (QED) is 0.497. The van der Waals surface area contributed by atoms with E-state index in [1.807, 2.05) is 0 Å². The molecule has 2 atom stereocenters. The Labute approximate surface area is 105 Å². The normalized spacial score (nSPS) is 15.8. The van der Waals surface area contributed by atoms with Crippen molar-refractivity contribution in [2.24, 2.45) is 0 Å². The van der Waals surface area contributed by atoms with Gasteiger partial charge in [0.2, 0.25) is 6.17 Å². The average molecular weight is 296 g/mol. The van der Waals surface area contributed by atoms with Gasteiger partial charge in [-0.1, -0.05) is 18.7 Å². The molecule has 2 unspecified atom stereocenters. The highest BCUT2D eigenvalue weighted by molar-refractivity contribution is 8.13. The Morgan fingerprint density at radius 1 is 1.22 bits per heavy atom. The molecule has 0 aliphatic rings. The van der Waals surface area contributed by atoms with E-state index in [1.165, 1.54) is 0 Å². The summed E-state index contributed by atoms with van der Waals surface area (Å²) in [5, 5.41) is -0.153. The van der Waals surface area contributed by atoms with Gasteiger partial charge in [-0.15, -0.1) is 0 Å². The van der Waals surface area contributed by atoms with Gasteiger partial charge in [0.15, 0.2) is 5.12 Å².